The molecule has 0 amide bonds. The topological polar surface area (TPSA) is 13.1 Å². The minimum atomic E-state index is -0.622. The predicted molar refractivity (Wildman–Crippen MR) is 285 cm³/mol. The molecule has 1 nitrogen and oxygen atoms in total. The molecule has 1 aromatic heterocycles. The monoisotopic (exact) mass is 862 g/mol. The van der Waals surface area contributed by atoms with Crippen molar-refractivity contribution in [2.45, 2.75) is 5.41 Å². The molecule has 68 heavy (non-hydrogen) atoms. The fourth-order valence-corrected chi connectivity index (χ4v) is 11.8. The van der Waals surface area contributed by atoms with Crippen LogP contribution in [0.5, 0.6) is 0 Å². The Morgan fingerprint density at radius 3 is 1.49 bits per heavy atom. The molecule has 0 saturated heterocycles. The van der Waals surface area contributed by atoms with Crippen LogP contribution in [0.3, 0.4) is 0 Å². The first-order valence-corrected chi connectivity index (χ1v) is 23.6. The van der Waals surface area contributed by atoms with E-state index in [0.717, 1.165) is 22.3 Å². The molecule has 0 spiro atoms. The van der Waals surface area contributed by atoms with Crippen molar-refractivity contribution in [1.82, 2.24) is 0 Å². The Bertz CT molecular complexity index is 4040. The molecule has 1 aliphatic rings. The molecule has 0 aliphatic heterocycles. The van der Waals surface area contributed by atoms with Gasteiger partial charge in [-0.1, -0.05) is 218 Å². The van der Waals surface area contributed by atoms with Crippen molar-refractivity contribution in [1.29, 1.82) is 0 Å². The van der Waals surface area contributed by atoms with Gasteiger partial charge in [0, 0.05) is 16.5 Å². The second-order valence-electron chi connectivity index (χ2n) is 18.3. The fourth-order valence-electron chi connectivity index (χ4n) is 11.8. The first kappa shape index (κ1) is 38.5. The number of benzene rings is 12. The van der Waals surface area contributed by atoms with E-state index in [0.29, 0.717) is 0 Å². The summed E-state index contributed by atoms with van der Waals surface area (Å²) in [6, 6.07) is 94.0. The van der Waals surface area contributed by atoms with E-state index < -0.39 is 5.41 Å². The summed E-state index contributed by atoms with van der Waals surface area (Å²) < 4.78 is 6.91. The average molecular weight is 863 g/mol. The predicted octanol–water partition coefficient (Wildman–Crippen LogP) is 18.1. The molecule has 0 atom stereocenters. The van der Waals surface area contributed by atoms with E-state index >= 15 is 0 Å². The third kappa shape index (κ3) is 5.69. The van der Waals surface area contributed by atoms with Crippen molar-refractivity contribution >= 4 is 54.1 Å². The number of rotatable bonds is 6. The minimum absolute atomic E-state index is 0.622. The zero-order chi connectivity index (χ0) is 44.8. The smallest absolute Gasteiger partial charge is 0.140 e. The fraction of sp³-hybridized carbons (Fsp3) is 0.0149. The molecule has 14 rings (SSSR count). The molecule has 0 unspecified atom stereocenters. The molecule has 0 N–H and O–H groups in total. The van der Waals surface area contributed by atoms with Crippen LogP contribution in [0, 0.1) is 0 Å². The van der Waals surface area contributed by atoms with Crippen molar-refractivity contribution < 1.29 is 4.42 Å². The van der Waals surface area contributed by atoms with E-state index in [9.17, 15) is 0 Å². The first-order chi connectivity index (χ1) is 33.7. The summed E-state index contributed by atoms with van der Waals surface area (Å²) in [5, 5.41) is 11.0. The summed E-state index contributed by atoms with van der Waals surface area (Å²) >= 11 is 0. The highest BCUT2D eigenvalue weighted by Gasteiger charge is 2.49. The third-order valence-corrected chi connectivity index (χ3v) is 14.7. The maximum absolute atomic E-state index is 6.91. The van der Waals surface area contributed by atoms with Gasteiger partial charge in [0.15, 0.2) is 0 Å². The summed E-state index contributed by atoms with van der Waals surface area (Å²) in [6.45, 7) is 0. The van der Waals surface area contributed by atoms with Crippen LogP contribution in [0.4, 0.5) is 0 Å². The molecule has 1 heterocycles. The van der Waals surface area contributed by atoms with Gasteiger partial charge in [0.05, 0.1) is 5.41 Å². The van der Waals surface area contributed by atoms with Crippen molar-refractivity contribution in [3.63, 3.8) is 0 Å². The highest BCUT2D eigenvalue weighted by molar-refractivity contribution is 6.22. The van der Waals surface area contributed by atoms with E-state index in [4.69, 9.17) is 4.42 Å². The summed E-state index contributed by atoms with van der Waals surface area (Å²) in [6.07, 6.45) is 0. The van der Waals surface area contributed by atoms with Crippen LogP contribution in [0.1, 0.15) is 22.3 Å². The van der Waals surface area contributed by atoms with E-state index in [2.05, 4.69) is 255 Å². The Balaban J connectivity index is 1.05. The van der Waals surface area contributed by atoms with Crippen LogP contribution in [-0.4, -0.2) is 0 Å². The molecule has 1 aliphatic carbocycles. The van der Waals surface area contributed by atoms with Crippen LogP contribution in [0.25, 0.3) is 110 Å². The van der Waals surface area contributed by atoms with Gasteiger partial charge in [-0.3, -0.25) is 0 Å². The molecular weight excluding hydrogens is 821 g/mol. The lowest BCUT2D eigenvalue weighted by Crippen LogP contribution is -2.28. The van der Waals surface area contributed by atoms with Gasteiger partial charge < -0.3 is 4.42 Å². The van der Waals surface area contributed by atoms with Gasteiger partial charge in [0.25, 0.3) is 0 Å². The lowest BCUT2D eigenvalue weighted by molar-refractivity contribution is 0.628. The van der Waals surface area contributed by atoms with Gasteiger partial charge in [-0.25, -0.2) is 0 Å². The first-order valence-electron chi connectivity index (χ1n) is 23.6. The van der Waals surface area contributed by atoms with Crippen LogP contribution < -0.4 is 0 Å². The molecule has 0 saturated carbocycles. The Labute approximate surface area is 394 Å². The number of para-hydroxylation sites is 1. The highest BCUT2D eigenvalue weighted by Crippen LogP contribution is 2.60. The molecule has 0 fully saturated rings. The largest absolute Gasteiger partial charge is 0.456 e. The van der Waals surface area contributed by atoms with Crippen molar-refractivity contribution in [3.8, 4) is 55.8 Å². The van der Waals surface area contributed by atoms with Gasteiger partial charge in [0.1, 0.15) is 11.3 Å². The molecular formula is C67H42O. The van der Waals surface area contributed by atoms with E-state index in [1.165, 1.54) is 110 Å². The summed E-state index contributed by atoms with van der Waals surface area (Å²) in [4.78, 5) is 0. The Morgan fingerprint density at radius 2 is 0.794 bits per heavy atom. The van der Waals surface area contributed by atoms with Gasteiger partial charge in [-0.15, -0.1) is 0 Å². The Hall–Kier alpha value is -8.78. The van der Waals surface area contributed by atoms with Crippen molar-refractivity contribution in [2.24, 2.45) is 0 Å². The lowest BCUT2D eigenvalue weighted by atomic mass is 9.67. The molecule has 13 aromatic rings. The zero-order valence-corrected chi connectivity index (χ0v) is 37.2. The van der Waals surface area contributed by atoms with E-state index in [-0.39, 0.29) is 0 Å². The maximum Gasteiger partial charge on any atom is 0.140 e. The molecule has 0 radical (unpaired) electrons. The number of hydrogen-bond donors (Lipinski definition) is 0. The van der Waals surface area contributed by atoms with Crippen LogP contribution in [0.15, 0.2) is 259 Å². The number of fused-ring (bicyclic) bond motifs is 9. The quantitative estimate of drug-likeness (QED) is 0.152. The van der Waals surface area contributed by atoms with Gasteiger partial charge >= 0.3 is 0 Å². The minimum Gasteiger partial charge on any atom is -0.456 e. The molecule has 1 heteroatoms. The Kier molecular flexibility index (Phi) is 8.57. The van der Waals surface area contributed by atoms with Crippen molar-refractivity contribution in [2.75, 3.05) is 0 Å². The molecule has 0 bridgehead atoms. The van der Waals surface area contributed by atoms with Gasteiger partial charge in [-0.05, 0) is 141 Å². The van der Waals surface area contributed by atoms with E-state index in [1.54, 1.807) is 0 Å². The average Bonchev–Trinajstić information content (AvgIpc) is 3.93. The number of hydrogen-bond acceptors (Lipinski definition) is 1. The third-order valence-electron chi connectivity index (χ3n) is 14.7. The van der Waals surface area contributed by atoms with Crippen LogP contribution in [0.2, 0.25) is 0 Å². The number of furan rings is 1. The summed E-state index contributed by atoms with van der Waals surface area (Å²) in [5.74, 6) is 0.943. The van der Waals surface area contributed by atoms with Crippen LogP contribution >= 0.6 is 0 Å². The molecule has 12 aromatic carbocycles. The van der Waals surface area contributed by atoms with Crippen LogP contribution in [-0.2, 0) is 5.41 Å². The maximum atomic E-state index is 6.91. The van der Waals surface area contributed by atoms with Crippen molar-refractivity contribution in [3.05, 3.63) is 277 Å². The summed E-state index contributed by atoms with van der Waals surface area (Å²) in [7, 11) is 0. The zero-order valence-electron chi connectivity index (χ0n) is 37.2. The molecule has 316 valence electrons. The second-order valence-corrected chi connectivity index (χ2v) is 18.3. The van der Waals surface area contributed by atoms with Gasteiger partial charge in [0.2, 0.25) is 0 Å². The second kappa shape index (κ2) is 15.1. The lowest BCUT2D eigenvalue weighted by Gasteiger charge is -2.33. The highest BCUT2D eigenvalue weighted by atomic mass is 16.3. The normalized spacial score (nSPS) is 12.8. The van der Waals surface area contributed by atoms with Gasteiger partial charge in [-0.2, -0.15) is 0 Å². The standard InChI is InChI=1S/C67H42O/c1-3-22-51(23-4-1)67(52-24-5-2-6-25-52)61-42-47(36-37-59(61)66-65(67)60-31-15-16-33-62(60)68-66)63-55-27-11-13-29-57(55)64(58-30-14-12-28-56(58)63)50-40-48(46-35-34-43-18-7-8-20-45(43)38-46)39-49(41-50)54-32-17-21-44-19-9-10-26-53(44)54/h1-42H. The SMILES string of the molecule is c1ccc(C2(c3ccccc3)c3cc(-c4c5ccccc5c(-c5cc(-c6ccc7ccccc7c6)cc(-c6cccc7ccccc67)c5)c5ccccc45)ccc3-c3oc4ccccc4c32)cc1. The Morgan fingerprint density at radius 1 is 0.279 bits per heavy atom. The summed E-state index contributed by atoms with van der Waals surface area (Å²) in [5.41, 5.74) is 15.9. The van der Waals surface area contributed by atoms with E-state index in [1.807, 2.05) is 0 Å².